The van der Waals surface area contributed by atoms with Gasteiger partial charge in [-0.1, -0.05) is 32.8 Å². The molecule has 1 unspecified atom stereocenters. The molecular weight excluding hydrogens is 718 g/mol. The van der Waals surface area contributed by atoms with Crippen molar-refractivity contribution in [1.29, 1.82) is 0 Å². The number of esters is 1. The van der Waals surface area contributed by atoms with Crippen molar-refractivity contribution in [2.75, 3.05) is 26.2 Å². The molecule has 6 amide bonds. The van der Waals surface area contributed by atoms with E-state index in [2.05, 4.69) is 16.0 Å². The van der Waals surface area contributed by atoms with E-state index in [1.54, 1.807) is 6.08 Å². The second kappa shape index (κ2) is 18.6. The van der Waals surface area contributed by atoms with Crippen molar-refractivity contribution in [3.8, 4) is 0 Å². The van der Waals surface area contributed by atoms with Crippen molar-refractivity contribution in [3.05, 3.63) is 47.5 Å². The summed E-state index contributed by atoms with van der Waals surface area (Å²) in [5.74, 6) is -6.21. The van der Waals surface area contributed by atoms with Crippen LogP contribution in [0.25, 0.3) is 0 Å². The molecule has 14 nitrogen and oxygen atoms in total. The van der Waals surface area contributed by atoms with Crippen LogP contribution in [-0.2, 0) is 44.7 Å². The Kier molecular flexibility index (Phi) is 14.0. The Bertz CT molecular complexity index is 1650. The van der Waals surface area contributed by atoms with E-state index in [1.807, 2.05) is 13.8 Å². The molecule has 4 saturated heterocycles. The second-order valence-corrected chi connectivity index (χ2v) is 15.1. The molecule has 0 saturated carbocycles. The van der Waals surface area contributed by atoms with Crippen molar-refractivity contribution in [3.63, 3.8) is 0 Å². The largest absolute Gasteiger partial charge is 0.461 e. The summed E-state index contributed by atoms with van der Waals surface area (Å²) in [6.45, 7) is 5.47. The monoisotopic (exact) mass is 770 g/mol. The van der Waals surface area contributed by atoms with Crippen LogP contribution in [0.4, 0.5) is 8.78 Å². The number of cyclic esters (lactones) is 1. The summed E-state index contributed by atoms with van der Waals surface area (Å²) in [4.78, 5) is 101. The van der Waals surface area contributed by atoms with Gasteiger partial charge in [-0.3, -0.25) is 28.8 Å². The number of benzene rings is 1. The summed E-state index contributed by atoms with van der Waals surface area (Å²) in [5, 5.41) is 7.92. The van der Waals surface area contributed by atoms with Crippen LogP contribution in [0.3, 0.4) is 0 Å². The minimum absolute atomic E-state index is 0.0588. The summed E-state index contributed by atoms with van der Waals surface area (Å²) in [6.07, 6.45) is 7.35. The molecule has 1 aromatic rings. The first kappa shape index (κ1) is 41.3. The number of carbonyl (C=O) groups excluding carboxylic acids is 7. The first-order valence-electron chi connectivity index (χ1n) is 19.4. The number of halogens is 2. The number of ether oxygens (including phenoxy) is 1. The molecule has 7 atom stereocenters. The number of unbranched alkanes of at least 4 members (excludes halogenated alkanes) is 2. The summed E-state index contributed by atoms with van der Waals surface area (Å²) >= 11 is 0. The zero-order valence-electron chi connectivity index (χ0n) is 31.7. The van der Waals surface area contributed by atoms with Crippen molar-refractivity contribution < 1.29 is 47.1 Å². The second-order valence-electron chi connectivity index (χ2n) is 15.1. The number of nitrogens with zero attached hydrogens (tertiary/aromatic N) is 3. The van der Waals surface area contributed by atoms with E-state index in [4.69, 9.17) is 4.74 Å². The Morgan fingerprint density at radius 1 is 0.891 bits per heavy atom. The number of amides is 6. The molecule has 300 valence electrons. The van der Waals surface area contributed by atoms with Gasteiger partial charge in [0.1, 0.15) is 54.5 Å². The third kappa shape index (κ3) is 10.3. The van der Waals surface area contributed by atoms with E-state index in [0.717, 1.165) is 25.0 Å². The summed E-state index contributed by atoms with van der Waals surface area (Å²) in [6, 6.07) is -4.13. The topological polar surface area (TPSA) is 175 Å². The number of hydrogen-bond donors (Lipinski definition) is 3. The highest BCUT2D eigenvalue weighted by molar-refractivity contribution is 5.98. The van der Waals surface area contributed by atoms with Crippen LogP contribution in [0.15, 0.2) is 30.4 Å². The maximum Gasteiger partial charge on any atom is 0.328 e. The van der Waals surface area contributed by atoms with E-state index in [0.29, 0.717) is 38.2 Å². The third-order valence-electron chi connectivity index (χ3n) is 10.8. The van der Waals surface area contributed by atoms with Gasteiger partial charge in [0.05, 0.1) is 0 Å². The van der Waals surface area contributed by atoms with Gasteiger partial charge in [0.25, 0.3) is 0 Å². The Balaban J connectivity index is 1.46. The Morgan fingerprint density at radius 3 is 2.24 bits per heavy atom. The van der Waals surface area contributed by atoms with Gasteiger partial charge in [0.15, 0.2) is 0 Å². The first-order chi connectivity index (χ1) is 26.3. The Labute approximate surface area is 319 Å². The lowest BCUT2D eigenvalue weighted by Gasteiger charge is -2.41. The van der Waals surface area contributed by atoms with E-state index in [1.165, 1.54) is 27.7 Å². The van der Waals surface area contributed by atoms with E-state index in [9.17, 15) is 42.3 Å². The Morgan fingerprint density at radius 2 is 1.55 bits per heavy atom. The lowest BCUT2D eigenvalue weighted by Crippen LogP contribution is -2.62. The molecular formula is C39H52F2N6O8. The zero-order chi connectivity index (χ0) is 39.8. The molecule has 3 N–H and O–H groups in total. The van der Waals surface area contributed by atoms with Crippen LogP contribution in [0.5, 0.6) is 0 Å². The summed E-state index contributed by atoms with van der Waals surface area (Å²) in [5.41, 5.74) is 0.0588. The molecule has 4 heterocycles. The number of carbonyl (C=O) groups is 7. The molecule has 0 radical (unpaired) electrons. The van der Waals surface area contributed by atoms with Crippen molar-refractivity contribution >= 4 is 41.4 Å². The fraction of sp³-hybridized carbons (Fsp3) is 0.615. The van der Waals surface area contributed by atoms with Gasteiger partial charge in [0.2, 0.25) is 35.4 Å². The van der Waals surface area contributed by atoms with Gasteiger partial charge in [-0.2, -0.15) is 0 Å². The average molecular weight is 771 g/mol. The quantitative estimate of drug-likeness (QED) is 0.194. The van der Waals surface area contributed by atoms with Gasteiger partial charge in [-0.05, 0) is 81.6 Å². The molecule has 0 bridgehead atoms. The minimum atomic E-state index is -1.55. The van der Waals surface area contributed by atoms with Gasteiger partial charge in [-0.25, -0.2) is 13.6 Å². The van der Waals surface area contributed by atoms with Crippen LogP contribution in [0.1, 0.15) is 84.1 Å². The molecule has 0 aliphatic carbocycles. The summed E-state index contributed by atoms with van der Waals surface area (Å²) in [7, 11) is 0. The number of allylic oxidation sites excluding steroid dienone is 1. The number of nitrogens with one attached hydrogen (secondary N) is 3. The van der Waals surface area contributed by atoms with Crippen LogP contribution in [-0.4, -0.2) is 119 Å². The SMILES string of the molecule is CCCC/C=C/C(=O)N[C@@H](Cc1cc(F)cc(F)c1)C(=O)N[C@H]1COC(=O)[C@H]2CCCN2C(=O)[C@H](C)NC(=O)[C@H]2CC(C)CCN2C(=O)[C@H]2CCCN2C1=O. The highest BCUT2D eigenvalue weighted by Gasteiger charge is 2.46. The number of rotatable bonds is 9. The van der Waals surface area contributed by atoms with Gasteiger partial charge in [-0.15, -0.1) is 0 Å². The molecule has 5 rings (SSSR count). The van der Waals surface area contributed by atoms with Crippen LogP contribution in [0.2, 0.25) is 0 Å². The molecule has 0 aromatic heterocycles. The average Bonchev–Trinajstić information content (AvgIpc) is 3.84. The molecule has 4 fully saturated rings. The summed E-state index contributed by atoms with van der Waals surface area (Å²) < 4.78 is 34.0. The Hall–Kier alpha value is -4.89. The number of hydrogen-bond acceptors (Lipinski definition) is 8. The smallest absolute Gasteiger partial charge is 0.328 e. The lowest BCUT2D eigenvalue weighted by molar-refractivity contribution is -0.158. The molecule has 55 heavy (non-hydrogen) atoms. The van der Waals surface area contributed by atoms with E-state index in [-0.39, 0.29) is 50.4 Å². The molecule has 4 aliphatic heterocycles. The normalized spacial score (nSPS) is 27.3. The van der Waals surface area contributed by atoms with Crippen molar-refractivity contribution in [2.45, 2.75) is 121 Å². The van der Waals surface area contributed by atoms with Crippen LogP contribution >= 0.6 is 0 Å². The van der Waals surface area contributed by atoms with Crippen molar-refractivity contribution in [1.82, 2.24) is 30.7 Å². The molecule has 4 aliphatic rings. The maximum absolute atomic E-state index is 14.4. The predicted molar refractivity (Wildman–Crippen MR) is 195 cm³/mol. The van der Waals surface area contributed by atoms with E-state index < -0.39 is 95.9 Å². The molecule has 0 spiro atoms. The fourth-order valence-electron chi connectivity index (χ4n) is 7.84. The van der Waals surface area contributed by atoms with Crippen LogP contribution < -0.4 is 16.0 Å². The molecule has 16 heteroatoms. The predicted octanol–water partition coefficient (Wildman–Crippen LogP) is 1.89. The molecule has 1 aromatic carbocycles. The highest BCUT2D eigenvalue weighted by atomic mass is 19.1. The first-order valence-corrected chi connectivity index (χ1v) is 19.4. The number of piperidine rings is 1. The highest BCUT2D eigenvalue weighted by Crippen LogP contribution is 2.28. The van der Waals surface area contributed by atoms with Crippen molar-refractivity contribution in [2.24, 2.45) is 5.92 Å². The lowest BCUT2D eigenvalue weighted by atomic mass is 9.91. The van der Waals surface area contributed by atoms with Gasteiger partial charge < -0.3 is 35.4 Å². The minimum Gasteiger partial charge on any atom is -0.461 e. The maximum atomic E-state index is 14.4. The van der Waals surface area contributed by atoms with Gasteiger partial charge >= 0.3 is 5.97 Å². The van der Waals surface area contributed by atoms with E-state index >= 15 is 0 Å². The standard InChI is InChI=1S/C39H52F2N6O8/c1-4-5-6-7-12-33(48)43-28(20-25-18-26(40)21-27(41)19-25)34(49)44-29-22-55-39(54)31-11-9-15-46(31)36(51)24(3)42-35(50)32-17-23(2)13-16-47(32)38(53)30-10-8-14-45(30)37(29)52/h7,12,18-19,21,23-24,28-32H,4-6,8-11,13-17,20,22H2,1-3H3,(H,42,50)(H,43,48)(H,44,49)/b12-7+/t23?,24-,28-,29-,30+,31+,32+/m0/s1. The fourth-order valence-corrected chi connectivity index (χ4v) is 7.84. The number of fused-ring (bicyclic) bond motifs is 3. The van der Waals surface area contributed by atoms with Crippen LogP contribution in [0, 0.1) is 17.6 Å². The van der Waals surface area contributed by atoms with Gasteiger partial charge in [0, 0.05) is 32.1 Å². The third-order valence-corrected chi connectivity index (χ3v) is 10.8. The zero-order valence-corrected chi connectivity index (χ0v) is 31.7.